The third kappa shape index (κ3) is 3.11. The molecule has 1 aromatic rings. The number of rotatable bonds is 3. The van der Waals surface area contributed by atoms with E-state index in [1.165, 1.54) is 4.90 Å². The maximum atomic E-state index is 13.0. The smallest absolute Gasteiger partial charge is 0.322 e. The minimum Gasteiger partial charge on any atom is -0.337 e. The van der Waals surface area contributed by atoms with Crippen LogP contribution in [0.2, 0.25) is 0 Å². The molecule has 1 aliphatic heterocycles. The summed E-state index contributed by atoms with van der Waals surface area (Å²) in [7, 11) is 0. The first-order valence-electron chi connectivity index (χ1n) is 6.61. The largest absolute Gasteiger partial charge is 0.337 e. The van der Waals surface area contributed by atoms with E-state index in [0.717, 1.165) is 24.9 Å². The van der Waals surface area contributed by atoms with Crippen LogP contribution in [0.15, 0.2) is 12.4 Å². The quantitative estimate of drug-likeness (QED) is 0.845. The predicted octanol–water partition coefficient (Wildman–Crippen LogP) is 2.26. The molecule has 0 unspecified atom stereocenters. The summed E-state index contributed by atoms with van der Waals surface area (Å²) in [6.07, 6.45) is 5.27. The van der Waals surface area contributed by atoms with Gasteiger partial charge in [0.25, 0.3) is 5.91 Å². The van der Waals surface area contributed by atoms with Crippen LogP contribution in [0.1, 0.15) is 38.2 Å². The molecule has 0 N–H and O–H groups in total. The lowest BCUT2D eigenvalue weighted by Crippen LogP contribution is -2.45. The molecular formula is C13H19F2N3O. The van der Waals surface area contributed by atoms with Crippen LogP contribution < -0.4 is 0 Å². The van der Waals surface area contributed by atoms with Crippen molar-refractivity contribution in [3.05, 3.63) is 18.0 Å². The topological polar surface area (TPSA) is 38.1 Å². The number of carbonyl (C=O) groups is 1. The van der Waals surface area contributed by atoms with Gasteiger partial charge < -0.3 is 4.90 Å². The van der Waals surface area contributed by atoms with Gasteiger partial charge in [-0.3, -0.25) is 9.48 Å². The molecule has 0 aliphatic carbocycles. The van der Waals surface area contributed by atoms with Gasteiger partial charge in [0.1, 0.15) is 0 Å². The fourth-order valence-corrected chi connectivity index (χ4v) is 2.46. The molecule has 0 spiro atoms. The summed E-state index contributed by atoms with van der Waals surface area (Å²) in [4.78, 5) is 12.7. The van der Waals surface area contributed by atoms with Crippen molar-refractivity contribution in [1.29, 1.82) is 0 Å². The van der Waals surface area contributed by atoms with E-state index < -0.39 is 11.8 Å². The van der Waals surface area contributed by atoms with Gasteiger partial charge in [0.05, 0.1) is 6.20 Å². The predicted molar refractivity (Wildman–Crippen MR) is 67.1 cm³/mol. The van der Waals surface area contributed by atoms with Crippen molar-refractivity contribution in [2.75, 3.05) is 13.1 Å². The van der Waals surface area contributed by atoms with Crippen molar-refractivity contribution in [2.45, 2.75) is 45.1 Å². The van der Waals surface area contributed by atoms with Crippen molar-refractivity contribution >= 4 is 5.91 Å². The van der Waals surface area contributed by atoms with Crippen molar-refractivity contribution in [1.82, 2.24) is 14.7 Å². The molecule has 2 rings (SSSR count). The zero-order valence-electron chi connectivity index (χ0n) is 11.3. The molecule has 0 bridgehead atoms. The molecule has 19 heavy (non-hydrogen) atoms. The van der Waals surface area contributed by atoms with Gasteiger partial charge in [-0.2, -0.15) is 13.9 Å². The number of aromatic nitrogens is 2. The molecule has 1 aromatic heterocycles. The summed E-state index contributed by atoms with van der Waals surface area (Å²) in [6, 6.07) is 0. The van der Waals surface area contributed by atoms with E-state index in [1.807, 2.05) is 24.0 Å². The number of likely N-dealkylation sites (tertiary alicyclic amines) is 1. The maximum absolute atomic E-state index is 13.0. The van der Waals surface area contributed by atoms with E-state index in [-0.39, 0.29) is 0 Å². The molecular weight excluding hydrogens is 252 g/mol. The van der Waals surface area contributed by atoms with Crippen LogP contribution in [0.5, 0.6) is 0 Å². The summed E-state index contributed by atoms with van der Waals surface area (Å²) in [5.74, 6) is -4.01. The molecule has 0 aromatic carbocycles. The third-order valence-electron chi connectivity index (χ3n) is 3.61. The molecule has 1 aliphatic rings. The minimum atomic E-state index is -3.26. The van der Waals surface area contributed by atoms with Crippen LogP contribution in [0, 0.1) is 0 Å². The van der Waals surface area contributed by atoms with E-state index in [2.05, 4.69) is 5.10 Å². The van der Waals surface area contributed by atoms with E-state index in [9.17, 15) is 13.6 Å². The highest BCUT2D eigenvalue weighted by atomic mass is 19.3. The SMILES string of the molecule is CCn1cc(C2CCN(C(=O)C(C)(F)F)CC2)cn1. The molecule has 1 saturated heterocycles. The van der Waals surface area contributed by atoms with Crippen LogP contribution in [-0.4, -0.2) is 39.6 Å². The first-order valence-corrected chi connectivity index (χ1v) is 6.61. The minimum absolute atomic E-state index is 0.315. The summed E-state index contributed by atoms with van der Waals surface area (Å²) in [5.41, 5.74) is 1.14. The summed E-state index contributed by atoms with van der Waals surface area (Å²) in [6.45, 7) is 4.28. The fourth-order valence-electron chi connectivity index (χ4n) is 2.46. The van der Waals surface area contributed by atoms with Crippen LogP contribution in [0.4, 0.5) is 8.78 Å². The first kappa shape index (κ1) is 14.0. The highest BCUT2D eigenvalue weighted by molar-refractivity contribution is 5.83. The second-order valence-corrected chi connectivity index (χ2v) is 5.08. The van der Waals surface area contributed by atoms with Gasteiger partial charge in [-0.25, -0.2) is 0 Å². The van der Waals surface area contributed by atoms with Gasteiger partial charge in [-0.15, -0.1) is 0 Å². The Kier molecular flexibility index (Phi) is 3.87. The highest BCUT2D eigenvalue weighted by Gasteiger charge is 2.38. The number of halogens is 2. The van der Waals surface area contributed by atoms with Crippen molar-refractivity contribution in [2.24, 2.45) is 0 Å². The Morgan fingerprint density at radius 3 is 2.58 bits per heavy atom. The average molecular weight is 271 g/mol. The number of nitrogens with zero attached hydrogens (tertiary/aromatic N) is 3. The Labute approximate surface area is 111 Å². The summed E-state index contributed by atoms with van der Waals surface area (Å²) >= 11 is 0. The molecule has 6 heteroatoms. The highest BCUT2D eigenvalue weighted by Crippen LogP contribution is 2.29. The Balaban J connectivity index is 1.94. The standard InChI is InChI=1S/C13H19F2N3O/c1-3-18-9-11(8-16-18)10-4-6-17(7-5-10)12(19)13(2,14)15/h8-10H,3-7H2,1-2H3. The molecule has 4 nitrogen and oxygen atoms in total. The lowest BCUT2D eigenvalue weighted by atomic mass is 9.91. The number of hydrogen-bond acceptors (Lipinski definition) is 2. The molecule has 0 saturated carbocycles. The second-order valence-electron chi connectivity index (χ2n) is 5.08. The van der Waals surface area contributed by atoms with Crippen LogP contribution in [-0.2, 0) is 11.3 Å². The van der Waals surface area contributed by atoms with Gasteiger partial charge in [-0.05, 0) is 31.2 Å². The van der Waals surface area contributed by atoms with Crippen LogP contribution in [0.25, 0.3) is 0 Å². The van der Waals surface area contributed by atoms with Crippen LogP contribution >= 0.6 is 0 Å². The van der Waals surface area contributed by atoms with Crippen molar-refractivity contribution < 1.29 is 13.6 Å². The normalized spacial score (nSPS) is 17.8. The van der Waals surface area contributed by atoms with Gasteiger partial charge in [0.2, 0.25) is 0 Å². The van der Waals surface area contributed by atoms with Gasteiger partial charge >= 0.3 is 5.92 Å². The third-order valence-corrected chi connectivity index (χ3v) is 3.61. The fraction of sp³-hybridized carbons (Fsp3) is 0.692. The molecule has 0 radical (unpaired) electrons. The number of piperidine rings is 1. The number of carbonyl (C=O) groups excluding carboxylic acids is 1. The Morgan fingerprint density at radius 2 is 2.11 bits per heavy atom. The van der Waals surface area contributed by atoms with E-state index >= 15 is 0 Å². The molecule has 106 valence electrons. The Morgan fingerprint density at radius 1 is 1.47 bits per heavy atom. The zero-order valence-corrected chi connectivity index (χ0v) is 11.3. The van der Waals surface area contributed by atoms with Crippen LogP contribution in [0.3, 0.4) is 0 Å². The lowest BCUT2D eigenvalue weighted by Gasteiger charge is -2.33. The molecule has 1 fully saturated rings. The lowest BCUT2D eigenvalue weighted by molar-refractivity contribution is -0.155. The molecule has 1 amide bonds. The summed E-state index contributed by atoms with van der Waals surface area (Å²) in [5, 5.41) is 4.22. The van der Waals surface area contributed by atoms with E-state index in [4.69, 9.17) is 0 Å². The van der Waals surface area contributed by atoms with Gasteiger partial charge in [0.15, 0.2) is 0 Å². The first-order chi connectivity index (χ1) is 8.91. The monoisotopic (exact) mass is 271 g/mol. The number of hydrogen-bond donors (Lipinski definition) is 0. The Hall–Kier alpha value is -1.46. The Bertz CT molecular complexity index is 445. The molecule has 0 atom stereocenters. The van der Waals surface area contributed by atoms with Gasteiger partial charge in [0, 0.05) is 32.8 Å². The second kappa shape index (κ2) is 5.27. The zero-order chi connectivity index (χ0) is 14.0. The van der Waals surface area contributed by atoms with Crippen molar-refractivity contribution in [3.63, 3.8) is 0 Å². The average Bonchev–Trinajstić information content (AvgIpc) is 2.86. The number of amides is 1. The van der Waals surface area contributed by atoms with Gasteiger partial charge in [-0.1, -0.05) is 0 Å². The van der Waals surface area contributed by atoms with Crippen molar-refractivity contribution in [3.8, 4) is 0 Å². The van der Waals surface area contributed by atoms with E-state index in [0.29, 0.717) is 25.9 Å². The maximum Gasteiger partial charge on any atom is 0.322 e. The number of alkyl halides is 2. The molecule has 2 heterocycles. The summed E-state index contributed by atoms with van der Waals surface area (Å²) < 4.78 is 27.8. The van der Waals surface area contributed by atoms with E-state index in [1.54, 1.807) is 0 Å². The number of aryl methyl sites for hydroxylation is 1.